The Hall–Kier alpha value is -2.99. The Morgan fingerprint density at radius 2 is 2.07 bits per heavy atom. The smallest absolute Gasteiger partial charge is 0.256 e. The first-order chi connectivity index (χ1) is 13.0. The maximum Gasteiger partial charge on any atom is 0.256 e. The van der Waals surface area contributed by atoms with Crippen LogP contribution in [0.25, 0.3) is 16.4 Å². The number of aryl methyl sites for hydroxylation is 2. The molecule has 2 heterocycles. The molecule has 1 aromatic carbocycles. The van der Waals surface area contributed by atoms with Crippen LogP contribution in [-0.4, -0.2) is 15.7 Å². The van der Waals surface area contributed by atoms with E-state index in [0.717, 1.165) is 21.9 Å². The van der Waals surface area contributed by atoms with Crippen LogP contribution in [0.2, 0.25) is 0 Å². The van der Waals surface area contributed by atoms with E-state index in [1.807, 2.05) is 69.4 Å². The molecule has 0 aliphatic carbocycles. The van der Waals surface area contributed by atoms with Crippen molar-refractivity contribution in [3.8, 4) is 11.5 Å². The zero-order chi connectivity index (χ0) is 19.4. The van der Waals surface area contributed by atoms with Crippen molar-refractivity contribution in [2.24, 2.45) is 7.05 Å². The Balaban J connectivity index is 1.73. The van der Waals surface area contributed by atoms with Gasteiger partial charge in [0.15, 0.2) is 5.76 Å². The summed E-state index contributed by atoms with van der Waals surface area (Å²) in [5.41, 5.74) is 3.19. The van der Waals surface area contributed by atoms with Crippen molar-refractivity contribution in [2.45, 2.75) is 13.8 Å². The third-order valence-electron chi connectivity index (χ3n) is 4.06. The maximum absolute atomic E-state index is 12.6. The van der Waals surface area contributed by atoms with E-state index in [9.17, 15) is 4.79 Å². The number of aromatic nitrogens is 2. The van der Waals surface area contributed by atoms with Gasteiger partial charge in [-0.2, -0.15) is 5.10 Å². The molecule has 0 saturated carbocycles. The molecule has 1 amide bonds. The molecule has 1 N–H and O–H groups in total. The summed E-state index contributed by atoms with van der Waals surface area (Å²) in [6.45, 7) is 7.94. The highest BCUT2D eigenvalue weighted by Crippen LogP contribution is 2.33. The molecule has 3 rings (SSSR count). The van der Waals surface area contributed by atoms with Gasteiger partial charge in [0, 0.05) is 17.5 Å². The molecule has 3 aromatic rings. The third-order valence-corrected chi connectivity index (χ3v) is 5.07. The largest absolute Gasteiger partial charge is 0.463 e. The molecular formula is C21H21N3O2S. The van der Waals surface area contributed by atoms with Gasteiger partial charge in [-0.15, -0.1) is 0 Å². The summed E-state index contributed by atoms with van der Waals surface area (Å²) in [7, 11) is 1.86. The number of benzene rings is 1. The highest BCUT2D eigenvalue weighted by Gasteiger charge is 2.15. The highest BCUT2D eigenvalue weighted by atomic mass is 32.2. The lowest BCUT2D eigenvalue weighted by molar-refractivity contribution is 0.0968. The lowest BCUT2D eigenvalue weighted by Gasteiger charge is -2.12. The minimum atomic E-state index is -0.136. The number of hydrogen-bond donors (Lipinski definition) is 1. The van der Waals surface area contributed by atoms with Gasteiger partial charge in [-0.05, 0) is 43.7 Å². The number of nitrogens with zero attached hydrogens (tertiary/aromatic N) is 2. The first kappa shape index (κ1) is 18.8. The highest BCUT2D eigenvalue weighted by molar-refractivity contribution is 8.11. The molecule has 0 aliphatic rings. The number of rotatable bonds is 6. The first-order valence-electron chi connectivity index (χ1n) is 8.48. The van der Waals surface area contributed by atoms with Crippen molar-refractivity contribution in [1.82, 2.24) is 15.1 Å². The number of carbonyl (C=O) groups is 1. The SMILES string of the molecule is C=C(S/C(=C\C)NC(=O)c1ccccc1C)c1cc(-c2ccco2)nn1C. The summed E-state index contributed by atoms with van der Waals surface area (Å²) >= 11 is 1.39. The average molecular weight is 379 g/mol. The van der Waals surface area contributed by atoms with Crippen molar-refractivity contribution in [3.63, 3.8) is 0 Å². The summed E-state index contributed by atoms with van der Waals surface area (Å²) in [5.74, 6) is 0.566. The maximum atomic E-state index is 12.6. The van der Waals surface area contributed by atoms with Gasteiger partial charge in [0.1, 0.15) is 5.69 Å². The van der Waals surface area contributed by atoms with Crippen LogP contribution in [0.3, 0.4) is 0 Å². The van der Waals surface area contributed by atoms with E-state index in [0.29, 0.717) is 16.4 Å². The second-order valence-electron chi connectivity index (χ2n) is 5.96. The van der Waals surface area contributed by atoms with Gasteiger partial charge in [0.05, 0.1) is 17.0 Å². The van der Waals surface area contributed by atoms with Gasteiger partial charge in [0.2, 0.25) is 0 Å². The Kier molecular flexibility index (Phi) is 5.66. The second-order valence-corrected chi connectivity index (χ2v) is 7.10. The monoisotopic (exact) mass is 379 g/mol. The molecule has 0 radical (unpaired) electrons. The number of furan rings is 1. The Bertz CT molecular complexity index is 1000. The fourth-order valence-corrected chi connectivity index (χ4v) is 3.44. The fourth-order valence-electron chi connectivity index (χ4n) is 2.62. The minimum absolute atomic E-state index is 0.136. The molecule has 0 aliphatic heterocycles. The number of thioether (sulfide) groups is 1. The summed E-state index contributed by atoms with van der Waals surface area (Å²) in [4.78, 5) is 13.3. The fraction of sp³-hybridized carbons (Fsp3) is 0.143. The molecule has 0 saturated heterocycles. The zero-order valence-corrected chi connectivity index (χ0v) is 16.3. The standard InChI is InChI=1S/C21H21N3O2S/c1-5-20(22-21(25)16-10-7-6-9-14(16)2)27-15(3)18-13-17(23-24(18)4)19-11-8-12-26-19/h5-13H,3H2,1-2,4H3,(H,22,25)/b20-5-. The number of amides is 1. The van der Waals surface area contributed by atoms with E-state index >= 15 is 0 Å². The van der Waals surface area contributed by atoms with Gasteiger partial charge in [0.25, 0.3) is 5.91 Å². The predicted octanol–water partition coefficient (Wildman–Crippen LogP) is 4.98. The van der Waals surface area contributed by atoms with Gasteiger partial charge in [-0.3, -0.25) is 9.48 Å². The van der Waals surface area contributed by atoms with Crippen molar-refractivity contribution in [2.75, 3.05) is 0 Å². The van der Waals surface area contributed by atoms with Crippen molar-refractivity contribution in [3.05, 3.63) is 83.2 Å². The van der Waals surface area contributed by atoms with Crippen LogP contribution in [0.1, 0.15) is 28.5 Å². The van der Waals surface area contributed by atoms with Crippen LogP contribution in [0.4, 0.5) is 0 Å². The van der Waals surface area contributed by atoms with Gasteiger partial charge >= 0.3 is 0 Å². The first-order valence-corrected chi connectivity index (χ1v) is 9.29. The number of hydrogen-bond acceptors (Lipinski definition) is 4. The van der Waals surface area contributed by atoms with Crippen LogP contribution >= 0.6 is 11.8 Å². The molecule has 6 heteroatoms. The van der Waals surface area contributed by atoms with Crippen LogP contribution in [0.5, 0.6) is 0 Å². The Morgan fingerprint density at radius 3 is 2.74 bits per heavy atom. The summed E-state index contributed by atoms with van der Waals surface area (Å²) in [6.07, 6.45) is 3.47. The number of allylic oxidation sites excluding steroid dienone is 1. The molecule has 0 spiro atoms. The van der Waals surface area contributed by atoms with Crippen LogP contribution in [-0.2, 0) is 7.05 Å². The van der Waals surface area contributed by atoms with E-state index in [1.54, 1.807) is 10.9 Å². The molecule has 138 valence electrons. The average Bonchev–Trinajstić information content (AvgIpc) is 3.30. The van der Waals surface area contributed by atoms with Gasteiger partial charge in [-0.1, -0.05) is 42.6 Å². The van der Waals surface area contributed by atoms with E-state index in [2.05, 4.69) is 17.0 Å². The van der Waals surface area contributed by atoms with Crippen LogP contribution in [0.15, 0.2) is 70.8 Å². The summed E-state index contributed by atoms with van der Waals surface area (Å²) in [6, 6.07) is 13.1. The van der Waals surface area contributed by atoms with Crippen LogP contribution < -0.4 is 5.32 Å². The zero-order valence-electron chi connectivity index (χ0n) is 15.5. The van der Waals surface area contributed by atoms with Gasteiger partial charge < -0.3 is 9.73 Å². The lowest BCUT2D eigenvalue weighted by Crippen LogP contribution is -2.22. The summed E-state index contributed by atoms with van der Waals surface area (Å²) < 4.78 is 7.16. The third kappa shape index (κ3) is 4.23. The topological polar surface area (TPSA) is 60.1 Å². The normalized spacial score (nSPS) is 11.4. The van der Waals surface area contributed by atoms with E-state index in [-0.39, 0.29) is 5.91 Å². The molecule has 0 fully saturated rings. The van der Waals surface area contributed by atoms with E-state index < -0.39 is 0 Å². The number of carbonyl (C=O) groups excluding carboxylic acids is 1. The summed E-state index contributed by atoms with van der Waals surface area (Å²) in [5, 5.41) is 8.14. The second kappa shape index (κ2) is 8.14. The van der Waals surface area contributed by atoms with Crippen LogP contribution in [0, 0.1) is 6.92 Å². The lowest BCUT2D eigenvalue weighted by atomic mass is 10.1. The van der Waals surface area contributed by atoms with Crippen molar-refractivity contribution < 1.29 is 9.21 Å². The minimum Gasteiger partial charge on any atom is -0.463 e. The van der Waals surface area contributed by atoms with E-state index in [1.165, 1.54) is 11.8 Å². The molecule has 0 atom stereocenters. The van der Waals surface area contributed by atoms with E-state index in [4.69, 9.17) is 4.42 Å². The molecular weight excluding hydrogens is 358 g/mol. The molecule has 0 bridgehead atoms. The quantitative estimate of drug-likeness (QED) is 0.656. The molecule has 27 heavy (non-hydrogen) atoms. The molecule has 2 aromatic heterocycles. The molecule has 0 unspecified atom stereocenters. The van der Waals surface area contributed by atoms with Crippen molar-refractivity contribution >= 4 is 22.6 Å². The molecule has 5 nitrogen and oxygen atoms in total. The predicted molar refractivity (Wildman–Crippen MR) is 110 cm³/mol. The van der Waals surface area contributed by atoms with Crippen molar-refractivity contribution in [1.29, 1.82) is 0 Å². The Morgan fingerprint density at radius 1 is 1.30 bits per heavy atom. The Labute approximate surface area is 162 Å². The van der Waals surface area contributed by atoms with Gasteiger partial charge in [-0.25, -0.2) is 0 Å². The number of nitrogens with one attached hydrogen (secondary N) is 1.